The molecule has 10 heteroatoms. The summed E-state index contributed by atoms with van der Waals surface area (Å²) in [6.07, 6.45) is 3.41. The number of aryl methyl sites for hydroxylation is 1. The Morgan fingerprint density at radius 1 is 1.23 bits per heavy atom. The molecule has 0 aliphatic heterocycles. The molecule has 0 saturated heterocycles. The lowest BCUT2D eigenvalue weighted by Gasteiger charge is -2.11. The SMILES string of the molecule is COc1cccc(-n2c(SCC(=O)Nc3nc(C)cs3)nnc2-c2ccncc2)c1. The summed E-state index contributed by atoms with van der Waals surface area (Å²) in [6, 6.07) is 11.3. The predicted octanol–water partition coefficient (Wildman–Crippen LogP) is 3.83. The molecule has 0 radical (unpaired) electrons. The largest absolute Gasteiger partial charge is 0.497 e. The zero-order chi connectivity index (χ0) is 20.9. The van der Waals surface area contributed by atoms with E-state index < -0.39 is 0 Å². The molecule has 0 unspecified atom stereocenters. The predicted molar refractivity (Wildman–Crippen MR) is 117 cm³/mol. The van der Waals surface area contributed by atoms with Crippen LogP contribution in [-0.4, -0.2) is 43.5 Å². The van der Waals surface area contributed by atoms with Gasteiger partial charge in [-0.3, -0.25) is 14.3 Å². The van der Waals surface area contributed by atoms with Crippen LogP contribution in [0.5, 0.6) is 5.75 Å². The second-order valence-electron chi connectivity index (χ2n) is 6.21. The van der Waals surface area contributed by atoms with Crippen molar-refractivity contribution in [3.63, 3.8) is 0 Å². The maximum atomic E-state index is 12.4. The standard InChI is InChI=1S/C20H18N6O2S2/c1-13-11-29-19(22-13)23-17(27)12-30-20-25-24-18(14-6-8-21-9-7-14)26(20)15-4-3-5-16(10-15)28-2/h3-11H,12H2,1-2H3,(H,22,23,27). The Bertz CT molecular complexity index is 1160. The molecule has 3 heterocycles. The molecule has 1 amide bonds. The van der Waals surface area contributed by atoms with E-state index in [1.54, 1.807) is 19.5 Å². The first-order valence-corrected chi connectivity index (χ1v) is 10.9. The van der Waals surface area contributed by atoms with Gasteiger partial charge >= 0.3 is 0 Å². The van der Waals surface area contributed by atoms with Crippen LogP contribution in [-0.2, 0) is 4.79 Å². The summed E-state index contributed by atoms with van der Waals surface area (Å²) in [5.41, 5.74) is 2.59. The zero-order valence-electron chi connectivity index (χ0n) is 16.3. The van der Waals surface area contributed by atoms with Gasteiger partial charge in [-0.1, -0.05) is 17.8 Å². The molecule has 152 valence electrons. The number of benzene rings is 1. The fourth-order valence-electron chi connectivity index (χ4n) is 2.73. The highest BCUT2D eigenvalue weighted by Crippen LogP contribution is 2.29. The van der Waals surface area contributed by atoms with Crippen LogP contribution in [0.15, 0.2) is 59.3 Å². The molecule has 0 bridgehead atoms. The molecule has 3 aromatic heterocycles. The number of anilines is 1. The van der Waals surface area contributed by atoms with E-state index in [9.17, 15) is 4.79 Å². The minimum Gasteiger partial charge on any atom is -0.497 e. The third-order valence-corrected chi connectivity index (χ3v) is 5.89. The van der Waals surface area contributed by atoms with Gasteiger partial charge in [-0.05, 0) is 31.2 Å². The second-order valence-corrected chi connectivity index (χ2v) is 8.01. The van der Waals surface area contributed by atoms with Crippen LogP contribution in [0.2, 0.25) is 0 Å². The molecule has 8 nitrogen and oxygen atoms in total. The van der Waals surface area contributed by atoms with Crippen LogP contribution in [0.4, 0.5) is 5.13 Å². The van der Waals surface area contributed by atoms with E-state index in [4.69, 9.17) is 4.74 Å². The quantitative estimate of drug-likeness (QED) is 0.438. The van der Waals surface area contributed by atoms with Crippen molar-refractivity contribution in [1.82, 2.24) is 24.7 Å². The molecular weight excluding hydrogens is 420 g/mol. The lowest BCUT2D eigenvalue weighted by molar-refractivity contribution is -0.113. The van der Waals surface area contributed by atoms with Gasteiger partial charge in [-0.2, -0.15) is 0 Å². The zero-order valence-corrected chi connectivity index (χ0v) is 17.9. The molecule has 0 saturated carbocycles. The number of nitrogens with one attached hydrogen (secondary N) is 1. The maximum Gasteiger partial charge on any atom is 0.236 e. The highest BCUT2D eigenvalue weighted by Gasteiger charge is 2.18. The van der Waals surface area contributed by atoms with E-state index in [0.717, 1.165) is 22.7 Å². The molecule has 0 fully saturated rings. The monoisotopic (exact) mass is 438 g/mol. The highest BCUT2D eigenvalue weighted by molar-refractivity contribution is 7.99. The van der Waals surface area contributed by atoms with Gasteiger partial charge in [-0.15, -0.1) is 21.5 Å². The molecule has 0 atom stereocenters. The van der Waals surface area contributed by atoms with Crippen LogP contribution in [0.25, 0.3) is 17.1 Å². The number of rotatable bonds is 7. The van der Waals surface area contributed by atoms with Crippen molar-refractivity contribution in [2.75, 3.05) is 18.2 Å². The second kappa shape index (κ2) is 9.06. The third kappa shape index (κ3) is 4.50. The molecule has 0 aliphatic carbocycles. The van der Waals surface area contributed by atoms with E-state index in [1.807, 2.05) is 53.3 Å². The van der Waals surface area contributed by atoms with E-state index in [-0.39, 0.29) is 11.7 Å². The molecule has 4 rings (SSSR count). The summed E-state index contributed by atoms with van der Waals surface area (Å²) in [7, 11) is 1.62. The molecule has 0 spiro atoms. The Labute approximate surface area is 181 Å². The number of aromatic nitrogens is 5. The first-order valence-electron chi connectivity index (χ1n) is 8.99. The first kappa shape index (κ1) is 20.0. The summed E-state index contributed by atoms with van der Waals surface area (Å²) in [4.78, 5) is 20.7. The fraction of sp³-hybridized carbons (Fsp3) is 0.150. The Kier molecular flexibility index (Phi) is 6.05. The molecule has 0 aliphatic rings. The number of thioether (sulfide) groups is 1. The number of thiazole rings is 1. The summed E-state index contributed by atoms with van der Waals surface area (Å²) in [5.74, 6) is 1.40. The average molecular weight is 439 g/mol. The normalized spacial score (nSPS) is 10.7. The summed E-state index contributed by atoms with van der Waals surface area (Å²) in [6.45, 7) is 1.89. The number of pyridine rings is 1. The minimum absolute atomic E-state index is 0.153. The fourth-order valence-corrected chi connectivity index (χ4v) is 4.19. The van der Waals surface area contributed by atoms with E-state index in [1.165, 1.54) is 23.1 Å². The number of carbonyl (C=O) groups excluding carboxylic acids is 1. The van der Waals surface area contributed by atoms with E-state index in [0.29, 0.717) is 16.1 Å². The highest BCUT2D eigenvalue weighted by atomic mass is 32.2. The molecule has 1 N–H and O–H groups in total. The maximum absolute atomic E-state index is 12.4. The Balaban J connectivity index is 1.62. The number of ether oxygens (including phenoxy) is 1. The van der Waals surface area contributed by atoms with Crippen LogP contribution in [0.3, 0.4) is 0 Å². The summed E-state index contributed by atoms with van der Waals surface area (Å²) >= 11 is 2.70. The Hall–Kier alpha value is -3.24. The van der Waals surface area contributed by atoms with Crippen LogP contribution < -0.4 is 10.1 Å². The lowest BCUT2D eigenvalue weighted by Crippen LogP contribution is -2.14. The first-order chi connectivity index (χ1) is 14.6. The summed E-state index contributed by atoms with van der Waals surface area (Å²) < 4.78 is 7.27. The minimum atomic E-state index is -0.153. The van der Waals surface area contributed by atoms with Crippen molar-refractivity contribution < 1.29 is 9.53 Å². The van der Waals surface area contributed by atoms with Crippen molar-refractivity contribution >= 4 is 34.1 Å². The molecule has 30 heavy (non-hydrogen) atoms. The van der Waals surface area contributed by atoms with Gasteiger partial charge in [-0.25, -0.2) is 4.98 Å². The number of amides is 1. The van der Waals surface area contributed by atoms with Gasteiger partial charge < -0.3 is 10.1 Å². The van der Waals surface area contributed by atoms with Gasteiger partial charge in [0, 0.05) is 29.4 Å². The van der Waals surface area contributed by atoms with Gasteiger partial charge in [0.05, 0.1) is 24.2 Å². The van der Waals surface area contributed by atoms with E-state index >= 15 is 0 Å². The Morgan fingerprint density at radius 2 is 2.07 bits per heavy atom. The molecular formula is C20H18N6O2S2. The van der Waals surface area contributed by atoms with Crippen LogP contribution in [0, 0.1) is 6.92 Å². The van der Waals surface area contributed by atoms with Crippen molar-refractivity contribution in [3.05, 3.63) is 59.9 Å². The Morgan fingerprint density at radius 3 is 2.80 bits per heavy atom. The number of carbonyl (C=O) groups is 1. The molecule has 1 aromatic carbocycles. The van der Waals surface area contributed by atoms with Crippen molar-refractivity contribution in [2.24, 2.45) is 0 Å². The van der Waals surface area contributed by atoms with Gasteiger partial charge in [0.15, 0.2) is 16.1 Å². The van der Waals surface area contributed by atoms with Crippen molar-refractivity contribution in [2.45, 2.75) is 12.1 Å². The number of hydrogen-bond acceptors (Lipinski definition) is 8. The third-order valence-electron chi connectivity index (χ3n) is 4.08. The van der Waals surface area contributed by atoms with Crippen molar-refractivity contribution in [1.29, 1.82) is 0 Å². The van der Waals surface area contributed by atoms with Crippen molar-refractivity contribution in [3.8, 4) is 22.8 Å². The van der Waals surface area contributed by atoms with Gasteiger partial charge in [0.2, 0.25) is 5.91 Å². The number of methoxy groups -OCH3 is 1. The van der Waals surface area contributed by atoms with Crippen LogP contribution >= 0.6 is 23.1 Å². The number of nitrogens with zero attached hydrogens (tertiary/aromatic N) is 5. The van der Waals surface area contributed by atoms with Gasteiger partial charge in [0.1, 0.15) is 5.75 Å². The number of hydrogen-bond donors (Lipinski definition) is 1. The topological polar surface area (TPSA) is 94.8 Å². The molecule has 4 aromatic rings. The summed E-state index contributed by atoms with van der Waals surface area (Å²) in [5, 5.41) is 14.6. The van der Waals surface area contributed by atoms with E-state index in [2.05, 4.69) is 25.5 Å². The smallest absolute Gasteiger partial charge is 0.236 e. The van der Waals surface area contributed by atoms with Crippen LogP contribution in [0.1, 0.15) is 5.69 Å². The average Bonchev–Trinajstić information content (AvgIpc) is 3.39. The lowest BCUT2D eigenvalue weighted by atomic mass is 10.2. The van der Waals surface area contributed by atoms with Gasteiger partial charge in [0.25, 0.3) is 0 Å².